The van der Waals surface area contributed by atoms with E-state index in [-0.39, 0.29) is 5.91 Å². The lowest BCUT2D eigenvalue weighted by atomic mass is 9.96. The van der Waals surface area contributed by atoms with Crippen molar-refractivity contribution in [2.45, 2.75) is 13.8 Å². The molecule has 0 heterocycles. The maximum absolute atomic E-state index is 11.4. The van der Waals surface area contributed by atoms with Crippen LogP contribution in [0.15, 0.2) is 47.7 Å². The molecule has 4 N–H and O–H groups in total. The normalized spacial score (nSPS) is 9.63. The highest BCUT2D eigenvalue weighted by molar-refractivity contribution is 6.13. The van der Waals surface area contributed by atoms with Gasteiger partial charge in [0.15, 0.2) is 0 Å². The Kier molecular flexibility index (Phi) is 4.64. The zero-order valence-corrected chi connectivity index (χ0v) is 11.5. The first-order valence-electron chi connectivity index (χ1n) is 5.92. The van der Waals surface area contributed by atoms with E-state index in [0.717, 1.165) is 5.57 Å². The fraction of sp³-hybridized carbons (Fsp3) is 0.200. The Labute approximate surface area is 113 Å². The smallest absolute Gasteiger partial charge is 0.251 e. The molecule has 0 aliphatic carbocycles. The van der Waals surface area contributed by atoms with Gasteiger partial charge in [0.2, 0.25) is 0 Å². The van der Waals surface area contributed by atoms with Gasteiger partial charge >= 0.3 is 0 Å². The van der Waals surface area contributed by atoms with Crippen molar-refractivity contribution >= 4 is 11.6 Å². The summed E-state index contributed by atoms with van der Waals surface area (Å²) in [5.41, 5.74) is 9.26. The van der Waals surface area contributed by atoms with Crippen molar-refractivity contribution in [2.75, 3.05) is 7.05 Å². The Bertz CT molecular complexity index is 549. The van der Waals surface area contributed by atoms with E-state index in [1.54, 1.807) is 31.3 Å². The van der Waals surface area contributed by atoms with Gasteiger partial charge in [-0.05, 0) is 26.0 Å². The Morgan fingerprint density at radius 1 is 1.21 bits per heavy atom. The molecular formula is C15H19N3O. The van der Waals surface area contributed by atoms with Crippen molar-refractivity contribution in [1.29, 1.82) is 5.41 Å². The summed E-state index contributed by atoms with van der Waals surface area (Å²) in [4.78, 5) is 11.4. The van der Waals surface area contributed by atoms with E-state index in [4.69, 9.17) is 11.1 Å². The van der Waals surface area contributed by atoms with Gasteiger partial charge in [-0.15, -0.1) is 0 Å². The van der Waals surface area contributed by atoms with E-state index < -0.39 is 0 Å². The molecular weight excluding hydrogens is 238 g/mol. The number of carbonyl (C=O) groups excluding carboxylic acids is 1. The third-order valence-corrected chi connectivity index (χ3v) is 2.73. The number of nitrogens with one attached hydrogen (secondary N) is 2. The number of allylic oxidation sites excluding steroid dienone is 2. The zero-order valence-electron chi connectivity index (χ0n) is 11.5. The molecule has 0 saturated carbocycles. The van der Waals surface area contributed by atoms with Gasteiger partial charge in [-0.1, -0.05) is 24.3 Å². The second-order valence-corrected chi connectivity index (χ2v) is 4.43. The summed E-state index contributed by atoms with van der Waals surface area (Å²) in [5.74, 6) is -0.149. The van der Waals surface area contributed by atoms with Crippen LogP contribution in [0.5, 0.6) is 0 Å². The fourth-order valence-corrected chi connectivity index (χ4v) is 1.81. The SMILES string of the molecule is C=C(N)C(C(=N)c1ccc(C(=O)NC)cc1)=C(C)C. The van der Waals surface area contributed by atoms with Crippen LogP contribution in [0.3, 0.4) is 0 Å². The number of benzene rings is 1. The highest BCUT2D eigenvalue weighted by Crippen LogP contribution is 2.17. The van der Waals surface area contributed by atoms with Gasteiger partial charge in [0.1, 0.15) is 0 Å². The van der Waals surface area contributed by atoms with Crippen LogP contribution in [0.25, 0.3) is 0 Å². The minimum Gasteiger partial charge on any atom is -0.399 e. The molecule has 1 rings (SSSR count). The molecule has 0 aliphatic rings. The standard InChI is InChI=1S/C15H19N3O/c1-9(2)13(10(3)16)14(17)11-5-7-12(8-6-11)15(19)18-4/h5-8,17H,3,16H2,1-2,4H3,(H,18,19). The number of hydrogen-bond donors (Lipinski definition) is 3. The molecule has 0 aromatic heterocycles. The van der Waals surface area contributed by atoms with E-state index in [1.165, 1.54) is 0 Å². The van der Waals surface area contributed by atoms with Gasteiger partial charge in [-0.3, -0.25) is 10.2 Å². The monoisotopic (exact) mass is 257 g/mol. The molecule has 0 fully saturated rings. The second-order valence-electron chi connectivity index (χ2n) is 4.43. The summed E-state index contributed by atoms with van der Waals surface area (Å²) in [7, 11) is 1.58. The third-order valence-electron chi connectivity index (χ3n) is 2.73. The average molecular weight is 257 g/mol. The van der Waals surface area contributed by atoms with Crippen LogP contribution in [-0.4, -0.2) is 18.7 Å². The number of carbonyl (C=O) groups is 1. The summed E-state index contributed by atoms with van der Waals surface area (Å²) >= 11 is 0. The topological polar surface area (TPSA) is 79.0 Å². The maximum Gasteiger partial charge on any atom is 0.251 e. The first kappa shape index (κ1) is 14.7. The van der Waals surface area contributed by atoms with Crippen LogP contribution in [-0.2, 0) is 0 Å². The van der Waals surface area contributed by atoms with Gasteiger partial charge in [0.25, 0.3) is 5.91 Å². The lowest BCUT2D eigenvalue weighted by molar-refractivity contribution is 0.0963. The Hall–Kier alpha value is -2.36. The predicted molar refractivity (Wildman–Crippen MR) is 78.4 cm³/mol. The van der Waals surface area contributed by atoms with Gasteiger partial charge < -0.3 is 11.1 Å². The zero-order chi connectivity index (χ0) is 14.6. The van der Waals surface area contributed by atoms with Gasteiger partial charge in [-0.25, -0.2) is 0 Å². The summed E-state index contributed by atoms with van der Waals surface area (Å²) in [5, 5.41) is 10.7. The summed E-state index contributed by atoms with van der Waals surface area (Å²) < 4.78 is 0. The molecule has 1 aromatic carbocycles. The van der Waals surface area contributed by atoms with Crippen LogP contribution in [0.4, 0.5) is 0 Å². The predicted octanol–water partition coefficient (Wildman–Crippen LogP) is 2.22. The van der Waals surface area contributed by atoms with Crippen LogP contribution in [0, 0.1) is 5.41 Å². The average Bonchev–Trinajstić information content (AvgIpc) is 2.37. The molecule has 0 radical (unpaired) electrons. The Balaban J connectivity index is 3.12. The van der Waals surface area contributed by atoms with E-state index in [0.29, 0.717) is 28.1 Å². The van der Waals surface area contributed by atoms with Crippen LogP contribution >= 0.6 is 0 Å². The van der Waals surface area contributed by atoms with Crippen molar-refractivity contribution in [3.8, 4) is 0 Å². The molecule has 0 saturated heterocycles. The molecule has 0 aliphatic heterocycles. The molecule has 4 heteroatoms. The quantitative estimate of drug-likeness (QED) is 0.571. The minimum absolute atomic E-state index is 0.149. The maximum atomic E-state index is 11.4. The fourth-order valence-electron chi connectivity index (χ4n) is 1.81. The van der Waals surface area contributed by atoms with E-state index >= 15 is 0 Å². The Morgan fingerprint density at radius 2 is 1.68 bits per heavy atom. The van der Waals surface area contributed by atoms with Crippen molar-refractivity contribution in [1.82, 2.24) is 5.32 Å². The number of rotatable bonds is 4. The molecule has 19 heavy (non-hydrogen) atoms. The van der Waals surface area contributed by atoms with E-state index in [9.17, 15) is 4.79 Å². The molecule has 0 bridgehead atoms. The van der Waals surface area contributed by atoms with Crippen LogP contribution < -0.4 is 11.1 Å². The molecule has 0 unspecified atom stereocenters. The highest BCUT2D eigenvalue weighted by atomic mass is 16.1. The van der Waals surface area contributed by atoms with Crippen LogP contribution in [0.2, 0.25) is 0 Å². The molecule has 0 spiro atoms. The van der Waals surface area contributed by atoms with Crippen molar-refractivity contribution in [3.63, 3.8) is 0 Å². The largest absolute Gasteiger partial charge is 0.399 e. The highest BCUT2D eigenvalue weighted by Gasteiger charge is 2.12. The van der Waals surface area contributed by atoms with Crippen molar-refractivity contribution in [3.05, 3.63) is 58.8 Å². The minimum atomic E-state index is -0.149. The number of hydrogen-bond acceptors (Lipinski definition) is 3. The van der Waals surface area contributed by atoms with Crippen LogP contribution in [0.1, 0.15) is 29.8 Å². The number of nitrogens with two attached hydrogens (primary N) is 1. The van der Waals surface area contributed by atoms with Gasteiger partial charge in [-0.2, -0.15) is 0 Å². The molecule has 4 nitrogen and oxygen atoms in total. The number of amides is 1. The Morgan fingerprint density at radius 3 is 2.05 bits per heavy atom. The first-order valence-corrected chi connectivity index (χ1v) is 5.92. The summed E-state index contributed by atoms with van der Waals surface area (Å²) in [6.07, 6.45) is 0. The third kappa shape index (κ3) is 3.31. The first-order chi connectivity index (χ1) is 8.88. The van der Waals surface area contributed by atoms with Crippen molar-refractivity contribution < 1.29 is 4.79 Å². The summed E-state index contributed by atoms with van der Waals surface area (Å²) in [6, 6.07) is 6.84. The van der Waals surface area contributed by atoms with E-state index in [1.807, 2.05) is 13.8 Å². The molecule has 0 atom stereocenters. The van der Waals surface area contributed by atoms with E-state index in [2.05, 4.69) is 11.9 Å². The summed E-state index contributed by atoms with van der Waals surface area (Å²) in [6.45, 7) is 7.48. The lowest BCUT2D eigenvalue weighted by Crippen LogP contribution is -2.18. The lowest BCUT2D eigenvalue weighted by Gasteiger charge is -2.12. The second kappa shape index (κ2) is 6.00. The van der Waals surface area contributed by atoms with Gasteiger partial charge in [0, 0.05) is 29.4 Å². The van der Waals surface area contributed by atoms with Gasteiger partial charge in [0.05, 0.1) is 5.71 Å². The van der Waals surface area contributed by atoms with Crippen molar-refractivity contribution in [2.24, 2.45) is 5.73 Å². The molecule has 1 aromatic rings. The molecule has 100 valence electrons. The molecule has 1 amide bonds.